The maximum absolute atomic E-state index is 12.7. The van der Waals surface area contributed by atoms with Crippen molar-refractivity contribution >= 4 is 29.2 Å². The van der Waals surface area contributed by atoms with Gasteiger partial charge >= 0.3 is 0 Å². The van der Waals surface area contributed by atoms with E-state index in [-0.39, 0.29) is 17.5 Å². The summed E-state index contributed by atoms with van der Waals surface area (Å²) in [5.41, 5.74) is 2.17. The molecule has 3 fully saturated rings. The van der Waals surface area contributed by atoms with Crippen LogP contribution in [-0.4, -0.2) is 64.7 Å². The van der Waals surface area contributed by atoms with Gasteiger partial charge in [0, 0.05) is 50.4 Å². The van der Waals surface area contributed by atoms with Gasteiger partial charge in [-0.1, -0.05) is 19.3 Å². The van der Waals surface area contributed by atoms with Crippen LogP contribution in [-0.2, 0) is 11.2 Å². The number of carbonyl (C=O) groups is 1. The molecule has 1 aliphatic carbocycles. The van der Waals surface area contributed by atoms with Gasteiger partial charge in [-0.3, -0.25) is 4.79 Å². The van der Waals surface area contributed by atoms with Crippen molar-refractivity contribution in [3.63, 3.8) is 0 Å². The van der Waals surface area contributed by atoms with Crippen LogP contribution in [0.15, 0.2) is 24.5 Å². The van der Waals surface area contributed by atoms with E-state index in [0.29, 0.717) is 25.0 Å². The molecule has 1 amide bonds. The molecule has 3 N–H and O–H groups in total. The molecule has 9 heteroatoms. The van der Waals surface area contributed by atoms with E-state index in [2.05, 4.69) is 48.7 Å². The molecule has 0 bridgehead atoms. The second kappa shape index (κ2) is 8.13. The summed E-state index contributed by atoms with van der Waals surface area (Å²) in [5, 5.41) is 9.93. The monoisotopic (exact) mass is 448 g/mol. The van der Waals surface area contributed by atoms with E-state index in [4.69, 9.17) is 4.98 Å². The number of nitrogens with one attached hydrogen (secondary N) is 3. The molecule has 1 unspecified atom stereocenters. The molecule has 4 aliphatic rings. The number of hydrogen-bond acceptors (Lipinski definition) is 8. The molecule has 33 heavy (non-hydrogen) atoms. The van der Waals surface area contributed by atoms with Crippen molar-refractivity contribution in [3.05, 3.63) is 30.1 Å². The third kappa shape index (κ3) is 3.68. The summed E-state index contributed by atoms with van der Waals surface area (Å²) < 4.78 is 0. The largest absolute Gasteiger partial charge is 0.367 e. The number of rotatable bonds is 3. The highest BCUT2D eigenvalue weighted by Crippen LogP contribution is 2.44. The van der Waals surface area contributed by atoms with Crippen molar-refractivity contribution in [2.45, 2.75) is 63.1 Å². The van der Waals surface area contributed by atoms with E-state index in [9.17, 15) is 4.79 Å². The lowest BCUT2D eigenvalue weighted by Gasteiger charge is -2.51. The SMILES string of the molecule is C[C@H]1CN(c2ccc(Nc3ncc4c(n3)N3C(C4)C(=O)NCC34CCCCC4)nc2)CCN1. The topological polar surface area (TPSA) is 98.3 Å². The predicted octanol–water partition coefficient (Wildman–Crippen LogP) is 1.98. The molecular weight excluding hydrogens is 416 g/mol. The number of amides is 1. The van der Waals surface area contributed by atoms with Crippen LogP contribution in [0.4, 0.5) is 23.3 Å². The summed E-state index contributed by atoms with van der Waals surface area (Å²) in [6.45, 7) is 5.87. The first kappa shape index (κ1) is 20.7. The first-order valence-corrected chi connectivity index (χ1v) is 12.3. The fourth-order valence-electron chi connectivity index (χ4n) is 6.03. The average Bonchev–Trinajstić information content (AvgIpc) is 3.24. The normalized spacial score (nSPS) is 26.0. The van der Waals surface area contributed by atoms with E-state index >= 15 is 0 Å². The highest BCUT2D eigenvalue weighted by Gasteiger charge is 2.51. The predicted molar refractivity (Wildman–Crippen MR) is 128 cm³/mol. The van der Waals surface area contributed by atoms with Gasteiger partial charge < -0.3 is 25.8 Å². The standard InChI is InChI=1S/C24H32N8O/c1-16-14-31(10-9-25-16)18-5-6-20(26-13-18)29-23-27-12-17-11-19-22(33)28-15-24(7-3-2-4-8-24)32(19)21(17)30-23/h5-6,12-13,16,19,25H,2-4,7-11,14-15H2,1H3,(H,28,33)(H,26,27,29,30)/t16-,19?/m0/s1. The Labute approximate surface area is 194 Å². The van der Waals surface area contributed by atoms with E-state index < -0.39 is 0 Å². The number of nitrogens with zero attached hydrogens (tertiary/aromatic N) is 5. The van der Waals surface area contributed by atoms with Crippen molar-refractivity contribution in [2.75, 3.05) is 41.3 Å². The molecule has 1 spiro atoms. The van der Waals surface area contributed by atoms with Gasteiger partial charge in [0.2, 0.25) is 11.9 Å². The van der Waals surface area contributed by atoms with Crippen LogP contribution >= 0.6 is 0 Å². The van der Waals surface area contributed by atoms with Gasteiger partial charge in [-0.15, -0.1) is 0 Å². The maximum atomic E-state index is 12.7. The van der Waals surface area contributed by atoms with Crippen LogP contribution in [0.5, 0.6) is 0 Å². The first-order chi connectivity index (χ1) is 16.1. The van der Waals surface area contributed by atoms with Crippen LogP contribution in [0.1, 0.15) is 44.6 Å². The third-order valence-corrected chi connectivity index (χ3v) is 7.71. The van der Waals surface area contributed by atoms with E-state index in [1.54, 1.807) is 0 Å². The fraction of sp³-hybridized carbons (Fsp3) is 0.583. The number of anilines is 4. The van der Waals surface area contributed by atoms with Crippen LogP contribution in [0, 0.1) is 0 Å². The Bertz CT molecular complexity index is 1040. The quantitative estimate of drug-likeness (QED) is 0.656. The first-order valence-electron chi connectivity index (χ1n) is 12.3. The summed E-state index contributed by atoms with van der Waals surface area (Å²) in [5.74, 6) is 2.28. The molecule has 2 saturated heterocycles. The van der Waals surface area contributed by atoms with Crippen molar-refractivity contribution < 1.29 is 4.79 Å². The van der Waals surface area contributed by atoms with Crippen molar-refractivity contribution in [1.82, 2.24) is 25.6 Å². The smallest absolute Gasteiger partial charge is 0.243 e. The lowest BCUT2D eigenvalue weighted by molar-refractivity contribution is -0.124. The zero-order valence-electron chi connectivity index (χ0n) is 19.2. The Balaban J connectivity index is 1.23. The van der Waals surface area contributed by atoms with Crippen LogP contribution in [0.3, 0.4) is 0 Å². The van der Waals surface area contributed by atoms with E-state index in [0.717, 1.165) is 55.4 Å². The highest BCUT2D eigenvalue weighted by atomic mass is 16.2. The Hall–Kier alpha value is -2.94. The minimum absolute atomic E-state index is 0.0198. The highest BCUT2D eigenvalue weighted by molar-refractivity contribution is 5.90. The molecular formula is C24H32N8O. The van der Waals surface area contributed by atoms with Gasteiger partial charge in [-0.05, 0) is 31.9 Å². The number of piperazine rings is 2. The summed E-state index contributed by atoms with van der Waals surface area (Å²) in [7, 11) is 0. The molecule has 2 aromatic rings. The Morgan fingerprint density at radius 3 is 2.82 bits per heavy atom. The lowest BCUT2D eigenvalue weighted by Crippen LogP contribution is -2.67. The maximum Gasteiger partial charge on any atom is 0.243 e. The van der Waals surface area contributed by atoms with Crippen molar-refractivity contribution in [3.8, 4) is 0 Å². The summed E-state index contributed by atoms with van der Waals surface area (Å²) in [6.07, 6.45) is 10.3. The van der Waals surface area contributed by atoms with E-state index in [1.165, 1.54) is 19.3 Å². The summed E-state index contributed by atoms with van der Waals surface area (Å²) >= 11 is 0. The molecule has 174 valence electrons. The molecule has 9 nitrogen and oxygen atoms in total. The Kier molecular flexibility index (Phi) is 5.09. The van der Waals surface area contributed by atoms with Gasteiger partial charge in [0.15, 0.2) is 0 Å². The van der Waals surface area contributed by atoms with Gasteiger partial charge in [0.1, 0.15) is 17.7 Å². The number of hydrogen-bond donors (Lipinski definition) is 3. The Morgan fingerprint density at radius 2 is 2.03 bits per heavy atom. The van der Waals surface area contributed by atoms with Gasteiger partial charge in [-0.25, -0.2) is 9.97 Å². The second-order valence-electron chi connectivity index (χ2n) is 9.96. The Morgan fingerprint density at radius 1 is 1.15 bits per heavy atom. The minimum atomic E-state index is -0.171. The molecule has 3 aliphatic heterocycles. The van der Waals surface area contributed by atoms with E-state index in [1.807, 2.05) is 18.5 Å². The number of pyridine rings is 1. The molecule has 0 aromatic carbocycles. The minimum Gasteiger partial charge on any atom is -0.367 e. The van der Waals surface area contributed by atoms with Gasteiger partial charge in [0.25, 0.3) is 0 Å². The zero-order valence-corrected chi connectivity index (χ0v) is 19.2. The van der Waals surface area contributed by atoms with Gasteiger partial charge in [-0.2, -0.15) is 4.98 Å². The zero-order chi connectivity index (χ0) is 22.4. The molecule has 0 radical (unpaired) electrons. The molecule has 2 atom stereocenters. The number of aromatic nitrogens is 3. The average molecular weight is 449 g/mol. The third-order valence-electron chi connectivity index (χ3n) is 7.71. The van der Waals surface area contributed by atoms with Crippen LogP contribution in [0.25, 0.3) is 0 Å². The second-order valence-corrected chi connectivity index (χ2v) is 9.96. The molecule has 5 heterocycles. The summed E-state index contributed by atoms with van der Waals surface area (Å²) in [4.78, 5) is 31.4. The molecule has 1 saturated carbocycles. The lowest BCUT2D eigenvalue weighted by atomic mass is 9.78. The van der Waals surface area contributed by atoms with Crippen LogP contribution < -0.4 is 25.8 Å². The van der Waals surface area contributed by atoms with Crippen molar-refractivity contribution in [2.24, 2.45) is 0 Å². The van der Waals surface area contributed by atoms with Crippen LogP contribution in [0.2, 0.25) is 0 Å². The van der Waals surface area contributed by atoms with Gasteiger partial charge in [0.05, 0.1) is 17.4 Å². The number of fused-ring (bicyclic) bond motifs is 4. The molecule has 6 rings (SSSR count). The summed E-state index contributed by atoms with van der Waals surface area (Å²) in [6, 6.07) is 4.39. The molecule has 2 aromatic heterocycles. The van der Waals surface area contributed by atoms with Crippen molar-refractivity contribution in [1.29, 1.82) is 0 Å². The fourth-order valence-corrected chi connectivity index (χ4v) is 6.03. The number of carbonyl (C=O) groups excluding carboxylic acids is 1.